The van der Waals surface area contributed by atoms with Crippen LogP contribution in [0.1, 0.15) is 45.0 Å². The summed E-state index contributed by atoms with van der Waals surface area (Å²) in [6.07, 6.45) is 0. The number of rotatable bonds is 6. The average molecular weight is 374 g/mol. The largest absolute Gasteiger partial charge is 0.478 e. The summed E-state index contributed by atoms with van der Waals surface area (Å²) >= 11 is 1.30. The maximum Gasteiger partial charge on any atom is 0.336 e. The molecule has 0 saturated carbocycles. The number of anilines is 1. The van der Waals surface area contributed by atoms with E-state index in [2.05, 4.69) is 10.6 Å². The maximum absolute atomic E-state index is 12.7. The van der Waals surface area contributed by atoms with E-state index in [1.54, 1.807) is 37.4 Å². The Morgan fingerprint density at radius 2 is 1.81 bits per heavy atom. The van der Waals surface area contributed by atoms with E-state index in [1.165, 1.54) is 17.4 Å². The third kappa shape index (κ3) is 4.49. The monoisotopic (exact) mass is 374 g/mol. The number of carboxylic acid groups (broad SMARTS) is 1. The smallest absolute Gasteiger partial charge is 0.336 e. The number of hydrogen-bond acceptors (Lipinski definition) is 4. The number of carboxylic acids is 1. The topological polar surface area (TPSA) is 95.5 Å². The van der Waals surface area contributed by atoms with Crippen LogP contribution in [-0.2, 0) is 4.79 Å². The Kier molecular flexibility index (Phi) is 6.15. The average Bonchev–Trinajstić information content (AvgIpc) is 3.08. The van der Waals surface area contributed by atoms with Crippen LogP contribution in [0.25, 0.3) is 0 Å². The van der Waals surface area contributed by atoms with Crippen molar-refractivity contribution in [1.82, 2.24) is 5.32 Å². The van der Waals surface area contributed by atoms with Gasteiger partial charge >= 0.3 is 5.97 Å². The molecule has 1 aromatic heterocycles. The molecule has 0 aliphatic heterocycles. The third-order valence-electron chi connectivity index (χ3n) is 4.04. The zero-order valence-corrected chi connectivity index (χ0v) is 15.9. The van der Waals surface area contributed by atoms with Gasteiger partial charge in [-0.1, -0.05) is 26.0 Å². The van der Waals surface area contributed by atoms with Gasteiger partial charge in [-0.2, -0.15) is 0 Å². The summed E-state index contributed by atoms with van der Waals surface area (Å²) in [6, 6.07) is 5.89. The predicted molar refractivity (Wildman–Crippen MR) is 102 cm³/mol. The number of aryl methyl sites for hydroxylation is 2. The number of aromatic carboxylic acids is 1. The van der Waals surface area contributed by atoms with Crippen molar-refractivity contribution in [2.75, 3.05) is 5.32 Å². The first-order valence-electron chi connectivity index (χ1n) is 8.20. The van der Waals surface area contributed by atoms with E-state index in [4.69, 9.17) is 0 Å². The minimum atomic E-state index is -1.05. The predicted octanol–water partition coefficient (Wildman–Crippen LogP) is 3.46. The zero-order valence-electron chi connectivity index (χ0n) is 15.1. The van der Waals surface area contributed by atoms with Crippen molar-refractivity contribution in [3.63, 3.8) is 0 Å². The lowest BCUT2D eigenvalue weighted by Crippen LogP contribution is -2.47. The van der Waals surface area contributed by atoms with Crippen LogP contribution >= 0.6 is 11.3 Å². The molecule has 0 aliphatic rings. The van der Waals surface area contributed by atoms with E-state index in [9.17, 15) is 19.5 Å². The lowest BCUT2D eigenvalue weighted by molar-refractivity contribution is -0.118. The van der Waals surface area contributed by atoms with Gasteiger partial charge in [0.25, 0.3) is 5.91 Å². The molecule has 1 heterocycles. The molecule has 0 spiro atoms. The summed E-state index contributed by atoms with van der Waals surface area (Å²) in [4.78, 5) is 36.8. The van der Waals surface area contributed by atoms with Gasteiger partial charge in [0.2, 0.25) is 5.91 Å². The lowest BCUT2D eigenvalue weighted by atomic mass is 10.0. The molecule has 6 nitrogen and oxygen atoms in total. The maximum atomic E-state index is 12.7. The zero-order chi connectivity index (χ0) is 19.4. The number of nitrogens with one attached hydrogen (secondary N) is 2. The van der Waals surface area contributed by atoms with Gasteiger partial charge in [-0.3, -0.25) is 9.59 Å². The molecule has 2 amide bonds. The van der Waals surface area contributed by atoms with Crippen molar-refractivity contribution in [3.05, 3.63) is 51.2 Å². The second kappa shape index (κ2) is 8.14. The van der Waals surface area contributed by atoms with Gasteiger partial charge in [-0.15, -0.1) is 11.3 Å². The second-order valence-corrected chi connectivity index (χ2v) is 7.40. The fourth-order valence-corrected chi connectivity index (χ4v) is 3.21. The van der Waals surface area contributed by atoms with Crippen LogP contribution in [0.5, 0.6) is 0 Å². The highest BCUT2D eigenvalue weighted by atomic mass is 32.1. The lowest BCUT2D eigenvalue weighted by Gasteiger charge is -2.22. The highest BCUT2D eigenvalue weighted by Crippen LogP contribution is 2.22. The first-order chi connectivity index (χ1) is 12.2. The minimum absolute atomic E-state index is 0.134. The Bertz CT molecular complexity index is 828. The number of hydrogen-bond donors (Lipinski definition) is 3. The first-order valence-corrected chi connectivity index (χ1v) is 9.08. The van der Waals surface area contributed by atoms with Crippen molar-refractivity contribution >= 4 is 34.8 Å². The van der Waals surface area contributed by atoms with Crippen molar-refractivity contribution in [1.29, 1.82) is 0 Å². The number of amides is 2. The van der Waals surface area contributed by atoms with Gasteiger partial charge in [0.15, 0.2) is 0 Å². The SMILES string of the molecule is Cc1cc(C)c(C(=O)O)cc1NC(=O)C(NC(=O)c1cccs1)C(C)C. The fourth-order valence-electron chi connectivity index (χ4n) is 2.58. The van der Waals surface area contributed by atoms with Crippen molar-refractivity contribution in [2.45, 2.75) is 33.7 Å². The molecule has 2 rings (SSSR count). The fraction of sp³-hybridized carbons (Fsp3) is 0.316. The normalized spacial score (nSPS) is 11.9. The summed E-state index contributed by atoms with van der Waals surface area (Å²) in [6.45, 7) is 7.18. The van der Waals surface area contributed by atoms with Crippen LogP contribution in [0, 0.1) is 19.8 Å². The molecule has 26 heavy (non-hydrogen) atoms. The molecule has 0 saturated heterocycles. The Morgan fingerprint density at radius 3 is 2.35 bits per heavy atom. The molecule has 0 fully saturated rings. The van der Waals surface area contributed by atoms with Crippen LogP contribution in [0.15, 0.2) is 29.6 Å². The third-order valence-corrected chi connectivity index (χ3v) is 4.91. The first kappa shape index (κ1) is 19.7. The Balaban J connectivity index is 2.21. The van der Waals surface area contributed by atoms with Crippen LogP contribution < -0.4 is 10.6 Å². The highest BCUT2D eigenvalue weighted by molar-refractivity contribution is 7.12. The van der Waals surface area contributed by atoms with Gasteiger partial charge in [-0.05, 0) is 48.4 Å². The van der Waals surface area contributed by atoms with Gasteiger partial charge < -0.3 is 15.7 Å². The molecule has 138 valence electrons. The number of carbonyl (C=O) groups is 3. The summed E-state index contributed by atoms with van der Waals surface area (Å²) in [5.74, 6) is -1.87. The van der Waals surface area contributed by atoms with E-state index in [-0.39, 0.29) is 23.3 Å². The van der Waals surface area contributed by atoms with E-state index < -0.39 is 12.0 Å². The molecule has 7 heteroatoms. The molecule has 3 N–H and O–H groups in total. The van der Waals surface area contributed by atoms with Gasteiger partial charge in [-0.25, -0.2) is 4.79 Å². The van der Waals surface area contributed by atoms with Crippen molar-refractivity contribution in [2.24, 2.45) is 5.92 Å². The van der Waals surface area contributed by atoms with E-state index in [0.29, 0.717) is 16.1 Å². The van der Waals surface area contributed by atoms with Gasteiger partial charge in [0.05, 0.1) is 10.4 Å². The van der Waals surface area contributed by atoms with Crippen molar-refractivity contribution in [3.8, 4) is 0 Å². The molecule has 0 radical (unpaired) electrons. The molecular formula is C19H22N2O4S. The molecule has 1 atom stereocenters. The standard InChI is InChI=1S/C19H22N2O4S/c1-10(2)16(21-17(22)15-6-5-7-26-15)18(23)20-14-9-13(19(24)25)11(3)8-12(14)4/h5-10,16H,1-4H3,(H,20,23)(H,21,22)(H,24,25). The summed E-state index contributed by atoms with van der Waals surface area (Å²) < 4.78 is 0. The number of benzene rings is 1. The molecular weight excluding hydrogens is 352 g/mol. The van der Waals surface area contributed by atoms with Gasteiger partial charge in [0.1, 0.15) is 6.04 Å². The van der Waals surface area contributed by atoms with Crippen LogP contribution in [0.2, 0.25) is 0 Å². The minimum Gasteiger partial charge on any atom is -0.478 e. The van der Waals surface area contributed by atoms with E-state index in [0.717, 1.165) is 5.56 Å². The Hall–Kier alpha value is -2.67. The van der Waals surface area contributed by atoms with Crippen molar-refractivity contribution < 1.29 is 19.5 Å². The molecule has 1 aromatic carbocycles. The summed E-state index contributed by atoms with van der Waals surface area (Å²) in [5, 5.41) is 16.6. The molecule has 0 bridgehead atoms. The number of carbonyl (C=O) groups excluding carboxylic acids is 2. The van der Waals surface area contributed by atoms with E-state index in [1.807, 2.05) is 13.8 Å². The Morgan fingerprint density at radius 1 is 1.12 bits per heavy atom. The van der Waals surface area contributed by atoms with Crippen LogP contribution in [0.4, 0.5) is 5.69 Å². The highest BCUT2D eigenvalue weighted by Gasteiger charge is 2.26. The number of thiophene rings is 1. The van der Waals surface area contributed by atoms with Gasteiger partial charge in [0, 0.05) is 5.69 Å². The van der Waals surface area contributed by atoms with Crippen LogP contribution in [-0.4, -0.2) is 28.9 Å². The molecule has 2 aromatic rings. The summed E-state index contributed by atoms with van der Waals surface area (Å²) in [5.41, 5.74) is 1.94. The second-order valence-electron chi connectivity index (χ2n) is 6.45. The molecule has 1 unspecified atom stereocenters. The molecule has 0 aliphatic carbocycles. The summed E-state index contributed by atoms with van der Waals surface area (Å²) in [7, 11) is 0. The quantitative estimate of drug-likeness (QED) is 0.721. The Labute approximate surface area is 156 Å². The van der Waals surface area contributed by atoms with Crippen LogP contribution in [0.3, 0.4) is 0 Å². The van der Waals surface area contributed by atoms with E-state index >= 15 is 0 Å².